The van der Waals surface area contributed by atoms with E-state index in [0.717, 1.165) is 44.3 Å². The Hall–Kier alpha value is -1.81. The quantitative estimate of drug-likeness (QED) is 0.805. The summed E-state index contributed by atoms with van der Waals surface area (Å²) in [5.41, 5.74) is 1.99. The number of carbonyl (C=O) groups excluding carboxylic acids is 1. The van der Waals surface area contributed by atoms with Crippen LogP contribution in [-0.4, -0.2) is 49.2 Å². The van der Waals surface area contributed by atoms with E-state index < -0.39 is 0 Å². The maximum atomic E-state index is 12.8. The summed E-state index contributed by atoms with van der Waals surface area (Å²) in [5, 5.41) is 0. The largest absolute Gasteiger partial charge is 0.380 e. The van der Waals surface area contributed by atoms with Crippen LogP contribution in [-0.2, 0) is 4.74 Å². The zero-order valence-electron chi connectivity index (χ0n) is 13.6. The third-order valence-electron chi connectivity index (χ3n) is 5.50. The minimum absolute atomic E-state index is 0.185. The summed E-state index contributed by atoms with van der Waals surface area (Å²) in [6.07, 6.45) is 9.07. The molecule has 1 amide bonds. The fourth-order valence-electron chi connectivity index (χ4n) is 4.16. The average molecular weight is 312 g/mol. The van der Waals surface area contributed by atoms with Gasteiger partial charge in [0, 0.05) is 37.5 Å². The van der Waals surface area contributed by atoms with E-state index in [9.17, 15) is 4.79 Å². The third-order valence-corrected chi connectivity index (χ3v) is 5.50. The molecule has 23 heavy (non-hydrogen) atoms. The highest BCUT2D eigenvalue weighted by Crippen LogP contribution is 2.33. The molecule has 0 saturated carbocycles. The molecule has 0 radical (unpaired) electrons. The van der Waals surface area contributed by atoms with Gasteiger partial charge < -0.3 is 14.5 Å². The predicted octanol–water partition coefficient (Wildman–Crippen LogP) is 2.84. The molecule has 4 nitrogen and oxygen atoms in total. The molecular weight excluding hydrogens is 288 g/mol. The van der Waals surface area contributed by atoms with Crippen LogP contribution in [0.5, 0.6) is 0 Å². The molecule has 3 unspecified atom stereocenters. The van der Waals surface area contributed by atoms with Crippen molar-refractivity contribution in [3.63, 3.8) is 0 Å². The van der Waals surface area contributed by atoms with Gasteiger partial charge in [-0.2, -0.15) is 0 Å². The van der Waals surface area contributed by atoms with Gasteiger partial charge in [-0.1, -0.05) is 12.2 Å². The van der Waals surface area contributed by atoms with E-state index >= 15 is 0 Å². The van der Waals surface area contributed by atoms with Crippen molar-refractivity contribution >= 4 is 11.6 Å². The topological polar surface area (TPSA) is 32.8 Å². The number of benzene rings is 1. The first-order valence-corrected chi connectivity index (χ1v) is 8.63. The second kappa shape index (κ2) is 6.00. The molecule has 2 fully saturated rings. The molecule has 1 aromatic carbocycles. The maximum absolute atomic E-state index is 12.8. The van der Waals surface area contributed by atoms with Gasteiger partial charge in [0.2, 0.25) is 0 Å². The van der Waals surface area contributed by atoms with Crippen LogP contribution in [0.4, 0.5) is 5.69 Å². The molecule has 1 aromatic rings. The van der Waals surface area contributed by atoms with Crippen molar-refractivity contribution in [1.29, 1.82) is 0 Å². The number of carbonyl (C=O) groups is 1. The highest BCUT2D eigenvalue weighted by molar-refractivity contribution is 5.95. The summed E-state index contributed by atoms with van der Waals surface area (Å²) in [4.78, 5) is 17.3. The minimum Gasteiger partial charge on any atom is -0.380 e. The van der Waals surface area contributed by atoms with Crippen LogP contribution >= 0.6 is 0 Å². The van der Waals surface area contributed by atoms with E-state index in [1.54, 1.807) is 7.11 Å². The van der Waals surface area contributed by atoms with Crippen molar-refractivity contribution in [3.05, 3.63) is 42.0 Å². The molecule has 4 heteroatoms. The van der Waals surface area contributed by atoms with Crippen molar-refractivity contribution < 1.29 is 9.53 Å². The standard InChI is InChI=1S/C19H24N2O2/c1-23-18-11-12-20(13-18)15-7-5-14(6-8-15)19(22)21-16-3-2-4-17(21)10-9-16/h2-3,5-8,16-18H,4,9-13H2,1H3. The molecule has 2 saturated heterocycles. The Morgan fingerprint density at radius 1 is 1.17 bits per heavy atom. The SMILES string of the molecule is COC1CCN(c2ccc(C(=O)N3C4C=CCC3CC4)cc2)C1. The van der Waals surface area contributed by atoms with Crippen LogP contribution in [0.15, 0.2) is 36.4 Å². The normalized spacial score (nSPS) is 29.3. The molecule has 4 rings (SSSR count). The number of nitrogens with zero attached hydrogens (tertiary/aromatic N) is 2. The molecule has 3 aliphatic heterocycles. The fraction of sp³-hybridized carbons (Fsp3) is 0.526. The van der Waals surface area contributed by atoms with Gasteiger partial charge in [-0.05, 0) is 49.9 Å². The second-order valence-electron chi connectivity index (χ2n) is 6.81. The van der Waals surface area contributed by atoms with E-state index in [0.29, 0.717) is 18.2 Å². The Bertz CT molecular complexity index is 610. The summed E-state index contributed by atoms with van der Waals surface area (Å²) in [7, 11) is 1.78. The van der Waals surface area contributed by atoms with Crippen LogP contribution in [0.2, 0.25) is 0 Å². The molecule has 3 atom stereocenters. The molecular formula is C19H24N2O2. The summed E-state index contributed by atoms with van der Waals surface area (Å²) >= 11 is 0. The van der Waals surface area contributed by atoms with E-state index in [4.69, 9.17) is 4.74 Å². The van der Waals surface area contributed by atoms with Crippen molar-refractivity contribution in [1.82, 2.24) is 4.90 Å². The smallest absolute Gasteiger partial charge is 0.254 e. The lowest BCUT2D eigenvalue weighted by Crippen LogP contribution is -2.42. The molecule has 122 valence electrons. The number of amides is 1. The number of ether oxygens (including phenoxy) is 1. The van der Waals surface area contributed by atoms with E-state index in [2.05, 4.69) is 34.1 Å². The Labute approximate surface area is 137 Å². The van der Waals surface area contributed by atoms with E-state index in [-0.39, 0.29) is 5.91 Å². The monoisotopic (exact) mass is 312 g/mol. The average Bonchev–Trinajstić information content (AvgIpc) is 3.17. The van der Waals surface area contributed by atoms with Gasteiger partial charge >= 0.3 is 0 Å². The zero-order chi connectivity index (χ0) is 15.8. The molecule has 2 bridgehead atoms. The fourth-order valence-corrected chi connectivity index (χ4v) is 4.16. The zero-order valence-corrected chi connectivity index (χ0v) is 13.6. The lowest BCUT2D eigenvalue weighted by molar-refractivity contribution is 0.0689. The lowest BCUT2D eigenvalue weighted by atomic mass is 10.1. The molecule has 0 aromatic heterocycles. The van der Waals surface area contributed by atoms with Gasteiger partial charge in [0.05, 0.1) is 12.1 Å². The van der Waals surface area contributed by atoms with Gasteiger partial charge in [-0.3, -0.25) is 4.79 Å². The first-order chi connectivity index (χ1) is 11.3. The number of anilines is 1. The second-order valence-corrected chi connectivity index (χ2v) is 6.81. The molecule has 3 heterocycles. The van der Waals surface area contributed by atoms with Gasteiger partial charge in [0.25, 0.3) is 5.91 Å². The Kier molecular flexibility index (Phi) is 3.85. The molecule has 0 aliphatic carbocycles. The predicted molar refractivity (Wildman–Crippen MR) is 90.8 cm³/mol. The Balaban J connectivity index is 1.48. The number of fused-ring (bicyclic) bond motifs is 2. The number of methoxy groups -OCH3 is 1. The van der Waals surface area contributed by atoms with Crippen LogP contribution in [0, 0.1) is 0 Å². The van der Waals surface area contributed by atoms with Crippen LogP contribution in [0.1, 0.15) is 36.0 Å². The molecule has 0 N–H and O–H groups in total. The highest BCUT2D eigenvalue weighted by atomic mass is 16.5. The first-order valence-electron chi connectivity index (χ1n) is 8.63. The summed E-state index contributed by atoms with van der Waals surface area (Å²) in [5.74, 6) is 0.185. The van der Waals surface area contributed by atoms with Crippen LogP contribution in [0.3, 0.4) is 0 Å². The summed E-state index contributed by atoms with van der Waals surface area (Å²) in [6.45, 7) is 1.96. The number of rotatable bonds is 3. The van der Waals surface area contributed by atoms with Crippen molar-refractivity contribution in [2.75, 3.05) is 25.1 Å². The van der Waals surface area contributed by atoms with Gasteiger partial charge in [-0.15, -0.1) is 0 Å². The van der Waals surface area contributed by atoms with Gasteiger partial charge in [-0.25, -0.2) is 0 Å². The van der Waals surface area contributed by atoms with Crippen molar-refractivity contribution in [2.45, 2.75) is 43.9 Å². The van der Waals surface area contributed by atoms with Crippen LogP contribution in [0.25, 0.3) is 0 Å². The van der Waals surface area contributed by atoms with Crippen molar-refractivity contribution in [2.24, 2.45) is 0 Å². The first kappa shape index (κ1) is 14.8. The number of hydrogen-bond donors (Lipinski definition) is 0. The Morgan fingerprint density at radius 2 is 2.00 bits per heavy atom. The molecule has 3 aliphatic rings. The maximum Gasteiger partial charge on any atom is 0.254 e. The van der Waals surface area contributed by atoms with E-state index in [1.165, 1.54) is 5.69 Å². The highest BCUT2D eigenvalue weighted by Gasteiger charge is 2.37. The number of hydrogen-bond acceptors (Lipinski definition) is 3. The van der Waals surface area contributed by atoms with Crippen LogP contribution < -0.4 is 4.90 Å². The van der Waals surface area contributed by atoms with Crippen molar-refractivity contribution in [3.8, 4) is 0 Å². The van der Waals surface area contributed by atoms with Gasteiger partial charge in [0.15, 0.2) is 0 Å². The van der Waals surface area contributed by atoms with E-state index in [1.807, 2.05) is 12.1 Å². The minimum atomic E-state index is 0.185. The Morgan fingerprint density at radius 3 is 2.70 bits per heavy atom. The lowest BCUT2D eigenvalue weighted by Gasteiger charge is -2.31. The van der Waals surface area contributed by atoms with Gasteiger partial charge in [0.1, 0.15) is 0 Å². The summed E-state index contributed by atoms with van der Waals surface area (Å²) in [6, 6.07) is 8.82. The summed E-state index contributed by atoms with van der Waals surface area (Å²) < 4.78 is 5.43. The third kappa shape index (κ3) is 2.65. The molecule has 0 spiro atoms.